The molecule has 0 radical (unpaired) electrons. The summed E-state index contributed by atoms with van der Waals surface area (Å²) < 4.78 is 0. The van der Waals surface area contributed by atoms with Crippen LogP contribution in [0.4, 0.5) is 16.6 Å². The Balaban J connectivity index is 2.28. The Kier molecular flexibility index (Phi) is 3.03. The summed E-state index contributed by atoms with van der Waals surface area (Å²) in [6.45, 7) is 0. The van der Waals surface area contributed by atoms with E-state index >= 15 is 0 Å². The average Bonchev–Trinajstić information content (AvgIpc) is 2.73. The highest BCUT2D eigenvalue weighted by atomic mass is 32.1. The number of thiazole rings is 1. The summed E-state index contributed by atoms with van der Waals surface area (Å²) >= 11 is 1.33. The van der Waals surface area contributed by atoms with E-state index < -0.39 is 0 Å². The molecule has 0 bridgehead atoms. The summed E-state index contributed by atoms with van der Waals surface area (Å²) in [4.78, 5) is 4.85. The number of hydrogen-bond donors (Lipinski definition) is 2. The molecule has 4 nitrogen and oxygen atoms in total. The van der Waals surface area contributed by atoms with Gasteiger partial charge in [0.2, 0.25) is 0 Å². The van der Waals surface area contributed by atoms with Gasteiger partial charge in [-0.1, -0.05) is 29.5 Å². The van der Waals surface area contributed by atoms with Crippen molar-refractivity contribution in [3.63, 3.8) is 0 Å². The molecule has 0 aliphatic carbocycles. The zero-order chi connectivity index (χ0) is 11.4. The summed E-state index contributed by atoms with van der Waals surface area (Å²) in [5, 5.41) is 15.7. The predicted molar refractivity (Wildman–Crippen MR) is 66.1 cm³/mol. The molecule has 1 heterocycles. The fraction of sp³-hybridized carbons (Fsp3) is 0.0909. The van der Waals surface area contributed by atoms with Crippen LogP contribution in [0.15, 0.2) is 30.3 Å². The Morgan fingerprint density at radius 1 is 1.31 bits per heavy atom. The van der Waals surface area contributed by atoms with Crippen molar-refractivity contribution in [3.05, 3.63) is 35.2 Å². The molecule has 0 spiro atoms. The van der Waals surface area contributed by atoms with Crippen LogP contribution in [0.25, 0.3) is 0 Å². The molecule has 2 rings (SSSR count). The largest absolute Gasteiger partial charge is 0.364 e. The van der Waals surface area contributed by atoms with Crippen molar-refractivity contribution < 1.29 is 0 Å². The van der Waals surface area contributed by atoms with Gasteiger partial charge in [-0.3, -0.25) is 0 Å². The van der Waals surface area contributed by atoms with Gasteiger partial charge in [0.25, 0.3) is 0 Å². The second-order valence-electron chi connectivity index (χ2n) is 3.05. The molecule has 0 aliphatic heterocycles. The van der Waals surface area contributed by atoms with Gasteiger partial charge in [0.05, 0.1) is 0 Å². The maximum atomic E-state index is 8.96. The second kappa shape index (κ2) is 4.64. The number of para-hydroxylation sites is 1. The molecule has 1 aromatic carbocycles. The summed E-state index contributed by atoms with van der Waals surface area (Å²) in [7, 11) is 1.78. The van der Waals surface area contributed by atoms with Gasteiger partial charge < -0.3 is 10.6 Å². The highest BCUT2D eigenvalue weighted by Crippen LogP contribution is 2.28. The molecule has 0 fully saturated rings. The van der Waals surface area contributed by atoms with Gasteiger partial charge >= 0.3 is 0 Å². The highest BCUT2D eigenvalue weighted by molar-refractivity contribution is 7.16. The fourth-order valence-corrected chi connectivity index (χ4v) is 1.92. The Hall–Kier alpha value is -2.06. The molecule has 16 heavy (non-hydrogen) atoms. The van der Waals surface area contributed by atoms with E-state index in [-0.39, 0.29) is 0 Å². The normalized spacial score (nSPS) is 9.50. The number of rotatable bonds is 3. The number of aromatic nitrogens is 1. The van der Waals surface area contributed by atoms with E-state index in [2.05, 4.69) is 21.7 Å². The van der Waals surface area contributed by atoms with Crippen LogP contribution in [0.2, 0.25) is 0 Å². The second-order valence-corrected chi connectivity index (χ2v) is 4.05. The van der Waals surface area contributed by atoms with E-state index in [9.17, 15) is 0 Å². The Bertz CT molecular complexity index is 513. The van der Waals surface area contributed by atoms with Crippen LogP contribution in [-0.4, -0.2) is 12.0 Å². The maximum Gasteiger partial charge on any atom is 0.185 e. The van der Waals surface area contributed by atoms with E-state index in [1.54, 1.807) is 7.05 Å². The molecular weight excluding hydrogens is 220 g/mol. The minimum absolute atomic E-state index is 0.577. The molecule has 0 aliphatic rings. The van der Waals surface area contributed by atoms with Gasteiger partial charge in [0.1, 0.15) is 6.07 Å². The minimum Gasteiger partial charge on any atom is -0.364 e. The minimum atomic E-state index is 0.577. The molecule has 0 saturated heterocycles. The molecule has 0 atom stereocenters. The van der Waals surface area contributed by atoms with Gasteiger partial charge in [-0.2, -0.15) is 5.26 Å². The first-order chi connectivity index (χ1) is 7.83. The number of anilines is 3. The first-order valence-electron chi connectivity index (χ1n) is 4.74. The van der Waals surface area contributed by atoms with Crippen molar-refractivity contribution in [3.8, 4) is 6.07 Å². The van der Waals surface area contributed by atoms with Crippen molar-refractivity contribution in [1.82, 2.24) is 4.98 Å². The van der Waals surface area contributed by atoms with Crippen molar-refractivity contribution in [2.45, 2.75) is 0 Å². The van der Waals surface area contributed by atoms with Crippen LogP contribution in [-0.2, 0) is 0 Å². The lowest BCUT2D eigenvalue weighted by molar-refractivity contribution is 1.34. The maximum absolute atomic E-state index is 8.96. The Morgan fingerprint density at radius 2 is 2.06 bits per heavy atom. The van der Waals surface area contributed by atoms with Gasteiger partial charge in [-0.05, 0) is 12.1 Å². The van der Waals surface area contributed by atoms with Crippen molar-refractivity contribution in [2.75, 3.05) is 17.7 Å². The summed E-state index contributed by atoms with van der Waals surface area (Å²) in [6, 6.07) is 11.8. The SMILES string of the molecule is CNc1nc(Nc2ccccc2)c(C#N)s1. The van der Waals surface area contributed by atoms with Gasteiger partial charge in [-0.15, -0.1) is 0 Å². The van der Waals surface area contributed by atoms with Crippen LogP contribution in [0, 0.1) is 11.3 Å². The lowest BCUT2D eigenvalue weighted by atomic mass is 10.3. The molecule has 2 aromatic rings. The van der Waals surface area contributed by atoms with E-state index in [1.165, 1.54) is 11.3 Å². The van der Waals surface area contributed by atoms with Crippen molar-refractivity contribution in [2.24, 2.45) is 0 Å². The third kappa shape index (κ3) is 2.12. The zero-order valence-corrected chi connectivity index (χ0v) is 9.51. The lowest BCUT2D eigenvalue weighted by Gasteiger charge is -2.01. The molecule has 0 saturated carbocycles. The number of nitrogens with one attached hydrogen (secondary N) is 2. The summed E-state index contributed by atoms with van der Waals surface area (Å²) in [5.74, 6) is 0.600. The Morgan fingerprint density at radius 3 is 2.69 bits per heavy atom. The molecule has 5 heteroatoms. The monoisotopic (exact) mass is 230 g/mol. The van der Waals surface area contributed by atoms with Crippen LogP contribution in [0.5, 0.6) is 0 Å². The third-order valence-electron chi connectivity index (χ3n) is 1.98. The number of hydrogen-bond acceptors (Lipinski definition) is 5. The topological polar surface area (TPSA) is 60.7 Å². The van der Waals surface area contributed by atoms with E-state index in [0.717, 1.165) is 10.8 Å². The molecule has 80 valence electrons. The van der Waals surface area contributed by atoms with Crippen molar-refractivity contribution >= 4 is 28.0 Å². The van der Waals surface area contributed by atoms with E-state index in [4.69, 9.17) is 5.26 Å². The third-order valence-corrected chi connectivity index (χ3v) is 2.96. The molecule has 0 amide bonds. The van der Waals surface area contributed by atoms with Gasteiger partial charge in [-0.25, -0.2) is 4.98 Å². The quantitative estimate of drug-likeness (QED) is 0.851. The fourth-order valence-electron chi connectivity index (χ4n) is 1.25. The van der Waals surface area contributed by atoms with Gasteiger partial charge in [0, 0.05) is 12.7 Å². The zero-order valence-electron chi connectivity index (χ0n) is 8.69. The molecule has 2 N–H and O–H groups in total. The van der Waals surface area contributed by atoms with Crippen molar-refractivity contribution in [1.29, 1.82) is 5.26 Å². The summed E-state index contributed by atoms with van der Waals surface area (Å²) in [5.41, 5.74) is 0.923. The summed E-state index contributed by atoms with van der Waals surface area (Å²) in [6.07, 6.45) is 0. The van der Waals surface area contributed by atoms with Crippen LogP contribution < -0.4 is 10.6 Å². The van der Waals surface area contributed by atoms with Gasteiger partial charge in [0.15, 0.2) is 15.8 Å². The number of nitrogens with zero attached hydrogens (tertiary/aromatic N) is 2. The number of benzene rings is 1. The highest BCUT2D eigenvalue weighted by Gasteiger charge is 2.09. The lowest BCUT2D eigenvalue weighted by Crippen LogP contribution is -1.93. The molecular formula is C11H10N4S. The standard InChI is InChI=1S/C11H10N4S/c1-13-11-15-10(9(7-12)16-11)14-8-5-3-2-4-6-8/h2-6,14H,1H3,(H,13,15). The molecule has 0 unspecified atom stereocenters. The van der Waals surface area contributed by atoms with E-state index in [0.29, 0.717) is 10.7 Å². The smallest absolute Gasteiger partial charge is 0.185 e. The van der Waals surface area contributed by atoms with Crippen LogP contribution in [0.3, 0.4) is 0 Å². The van der Waals surface area contributed by atoms with Crippen LogP contribution >= 0.6 is 11.3 Å². The average molecular weight is 230 g/mol. The first kappa shape index (κ1) is 10.5. The first-order valence-corrected chi connectivity index (χ1v) is 5.56. The van der Waals surface area contributed by atoms with Crippen LogP contribution in [0.1, 0.15) is 4.88 Å². The predicted octanol–water partition coefficient (Wildman–Crippen LogP) is 2.80. The van der Waals surface area contributed by atoms with E-state index in [1.807, 2.05) is 30.3 Å². The Labute approximate surface area is 97.6 Å². The molecule has 1 aromatic heterocycles. The number of nitriles is 1.